The highest BCUT2D eigenvalue weighted by Gasteiger charge is 2.48. The van der Waals surface area contributed by atoms with Gasteiger partial charge in [0, 0.05) is 18.9 Å². The SMILES string of the molecule is CC(NC(=O)OC(C)(C)C)C(=O)OCc1nccn1CC(=O)NNC(=O)[C@@H]1CC[C@@H]2CN1C(=O)N2OCc1ccccc1. The Morgan fingerprint density at radius 1 is 1.07 bits per heavy atom. The largest absolute Gasteiger partial charge is 0.456 e. The Balaban J connectivity index is 1.21. The van der Waals surface area contributed by atoms with Crippen molar-refractivity contribution in [3.8, 4) is 0 Å². The molecule has 0 spiro atoms. The van der Waals surface area contributed by atoms with E-state index in [0.29, 0.717) is 19.4 Å². The summed E-state index contributed by atoms with van der Waals surface area (Å²) in [6.45, 7) is 6.66. The molecule has 15 heteroatoms. The summed E-state index contributed by atoms with van der Waals surface area (Å²) in [6.07, 6.45) is 3.18. The number of carbonyl (C=O) groups excluding carboxylic acids is 5. The maximum atomic E-state index is 13.0. The van der Waals surface area contributed by atoms with Crippen molar-refractivity contribution in [1.82, 2.24) is 35.7 Å². The Bertz CT molecular complexity index is 1330. The minimum absolute atomic E-state index is 0.153. The number of hydrogen-bond acceptors (Lipinski definition) is 9. The number of nitrogens with one attached hydrogen (secondary N) is 3. The molecule has 15 nitrogen and oxygen atoms in total. The fraction of sp³-hybridized carbons (Fsp3) is 0.500. The third-order valence-corrected chi connectivity index (χ3v) is 6.71. The molecule has 1 unspecified atom stereocenters. The molecule has 1 aromatic heterocycles. The summed E-state index contributed by atoms with van der Waals surface area (Å²) in [4.78, 5) is 73.9. The van der Waals surface area contributed by atoms with Crippen LogP contribution in [0, 0.1) is 0 Å². The number of hydroxylamine groups is 2. The molecule has 232 valence electrons. The van der Waals surface area contributed by atoms with Crippen LogP contribution in [0.3, 0.4) is 0 Å². The van der Waals surface area contributed by atoms with E-state index >= 15 is 0 Å². The van der Waals surface area contributed by atoms with Gasteiger partial charge in [-0.15, -0.1) is 0 Å². The van der Waals surface area contributed by atoms with Crippen molar-refractivity contribution in [2.45, 2.75) is 84.0 Å². The minimum Gasteiger partial charge on any atom is -0.456 e. The maximum absolute atomic E-state index is 13.0. The van der Waals surface area contributed by atoms with Gasteiger partial charge in [-0.05, 0) is 46.1 Å². The first-order valence-corrected chi connectivity index (χ1v) is 13.9. The van der Waals surface area contributed by atoms with E-state index in [0.717, 1.165) is 5.56 Å². The van der Waals surface area contributed by atoms with Gasteiger partial charge in [0.25, 0.3) is 11.8 Å². The molecule has 1 aromatic carbocycles. The molecular formula is C28H37N7O8. The van der Waals surface area contributed by atoms with Gasteiger partial charge >= 0.3 is 18.1 Å². The minimum atomic E-state index is -0.975. The number of imidazole rings is 1. The highest BCUT2D eigenvalue weighted by molar-refractivity contribution is 5.90. The molecular weight excluding hydrogens is 562 g/mol. The summed E-state index contributed by atoms with van der Waals surface area (Å²) in [7, 11) is 0. The summed E-state index contributed by atoms with van der Waals surface area (Å²) in [6, 6.07) is 7.20. The normalized spacial score (nSPS) is 18.6. The smallest absolute Gasteiger partial charge is 0.408 e. The fourth-order valence-electron chi connectivity index (χ4n) is 4.63. The predicted octanol–water partition coefficient (Wildman–Crippen LogP) is 1.39. The number of urea groups is 1. The lowest BCUT2D eigenvalue weighted by Gasteiger charge is -2.29. The number of hydrazine groups is 1. The van der Waals surface area contributed by atoms with Gasteiger partial charge in [-0.3, -0.25) is 25.3 Å². The third-order valence-electron chi connectivity index (χ3n) is 6.71. The lowest BCUT2D eigenvalue weighted by atomic mass is 10.0. The Kier molecular flexibility index (Phi) is 9.85. The monoisotopic (exact) mass is 599 g/mol. The standard InChI is InChI=1S/C28H37N7O8/c1-18(30-26(39)43-28(2,3)4)25(38)41-17-22-29-12-13-33(22)15-23(36)31-32-24(37)21-11-10-20-14-34(21)27(40)35(20)42-16-19-8-6-5-7-9-19/h5-9,12-13,18,20-21H,10-11,14-17H2,1-4H3,(H,30,39)(H,31,36)(H,32,37)/t18?,20-,21+/m1/s1. The van der Waals surface area contributed by atoms with Crippen molar-refractivity contribution in [3.05, 3.63) is 54.1 Å². The molecule has 4 rings (SSSR count). The van der Waals surface area contributed by atoms with Crippen molar-refractivity contribution >= 4 is 29.9 Å². The highest BCUT2D eigenvalue weighted by atomic mass is 16.7. The van der Waals surface area contributed by atoms with Crippen LogP contribution in [0.2, 0.25) is 0 Å². The van der Waals surface area contributed by atoms with Crippen molar-refractivity contribution in [1.29, 1.82) is 0 Å². The maximum Gasteiger partial charge on any atom is 0.408 e. The Morgan fingerprint density at radius 2 is 1.81 bits per heavy atom. The van der Waals surface area contributed by atoms with E-state index in [1.54, 1.807) is 20.8 Å². The molecule has 3 heterocycles. The van der Waals surface area contributed by atoms with Gasteiger partial charge in [-0.25, -0.2) is 19.4 Å². The van der Waals surface area contributed by atoms with Crippen LogP contribution in [0.1, 0.15) is 51.9 Å². The van der Waals surface area contributed by atoms with Crippen LogP contribution in [0.4, 0.5) is 9.59 Å². The van der Waals surface area contributed by atoms with Gasteiger partial charge < -0.3 is 24.3 Å². The topological polar surface area (TPSA) is 173 Å². The summed E-state index contributed by atoms with van der Waals surface area (Å²) in [5, 5.41) is 3.73. The number of carbonyl (C=O) groups is 5. The number of benzene rings is 1. The molecule has 5 amide bonds. The number of alkyl carbamates (subject to hydrolysis) is 1. The number of rotatable bonds is 10. The van der Waals surface area contributed by atoms with Crippen LogP contribution in [0.5, 0.6) is 0 Å². The number of aromatic nitrogens is 2. The van der Waals surface area contributed by atoms with E-state index in [9.17, 15) is 24.0 Å². The van der Waals surface area contributed by atoms with Crippen molar-refractivity contribution in [2.24, 2.45) is 0 Å². The van der Waals surface area contributed by atoms with Gasteiger partial charge in [0.05, 0.1) is 6.04 Å². The Hall–Kier alpha value is -4.66. The van der Waals surface area contributed by atoms with E-state index in [1.807, 2.05) is 30.3 Å². The molecule has 2 aliphatic heterocycles. The second-order valence-electron chi connectivity index (χ2n) is 11.3. The first-order chi connectivity index (χ1) is 20.4. The number of fused-ring (bicyclic) bond motifs is 2. The summed E-state index contributed by atoms with van der Waals surface area (Å²) < 4.78 is 11.8. The van der Waals surface area contributed by atoms with E-state index in [2.05, 4.69) is 21.2 Å². The van der Waals surface area contributed by atoms with Gasteiger partial charge in [0.2, 0.25) is 0 Å². The van der Waals surface area contributed by atoms with Crippen molar-refractivity contribution in [2.75, 3.05) is 6.54 Å². The summed E-state index contributed by atoms with van der Waals surface area (Å²) in [5.41, 5.74) is 4.96. The van der Waals surface area contributed by atoms with Crippen LogP contribution in [-0.4, -0.2) is 79.7 Å². The molecule has 3 atom stereocenters. The summed E-state index contributed by atoms with van der Waals surface area (Å²) in [5.74, 6) is -1.52. The molecule has 0 radical (unpaired) electrons. The first kappa shape index (κ1) is 31.3. The average molecular weight is 600 g/mol. The zero-order chi connectivity index (χ0) is 31.1. The molecule has 2 aliphatic rings. The molecule has 0 aliphatic carbocycles. The summed E-state index contributed by atoms with van der Waals surface area (Å²) >= 11 is 0. The zero-order valence-corrected chi connectivity index (χ0v) is 24.6. The van der Waals surface area contributed by atoms with Gasteiger partial charge in [0.15, 0.2) is 0 Å². The number of nitrogens with zero attached hydrogens (tertiary/aromatic N) is 4. The number of esters is 1. The van der Waals surface area contributed by atoms with Crippen LogP contribution >= 0.6 is 0 Å². The predicted molar refractivity (Wildman–Crippen MR) is 149 cm³/mol. The third kappa shape index (κ3) is 8.44. The van der Waals surface area contributed by atoms with Gasteiger partial charge in [-0.2, -0.15) is 5.06 Å². The first-order valence-electron chi connectivity index (χ1n) is 13.9. The molecule has 0 saturated carbocycles. The van der Waals surface area contributed by atoms with E-state index in [4.69, 9.17) is 14.3 Å². The van der Waals surface area contributed by atoms with E-state index in [-0.39, 0.29) is 31.6 Å². The number of ether oxygens (including phenoxy) is 2. The highest BCUT2D eigenvalue weighted by Crippen LogP contribution is 2.30. The molecule has 2 aromatic rings. The van der Waals surface area contributed by atoms with E-state index in [1.165, 1.54) is 33.8 Å². The number of amides is 5. The van der Waals surface area contributed by atoms with Crippen molar-refractivity contribution in [3.63, 3.8) is 0 Å². The quantitative estimate of drug-likeness (QED) is 0.269. The lowest BCUT2D eigenvalue weighted by molar-refractivity contribution is -0.147. The van der Waals surface area contributed by atoms with Crippen molar-refractivity contribution < 1.29 is 38.3 Å². The molecule has 43 heavy (non-hydrogen) atoms. The van der Waals surface area contributed by atoms with Gasteiger partial charge in [0.1, 0.15) is 43.3 Å². The van der Waals surface area contributed by atoms with Crippen LogP contribution in [0.15, 0.2) is 42.7 Å². The second kappa shape index (κ2) is 13.5. The molecule has 3 N–H and O–H groups in total. The lowest BCUT2D eigenvalue weighted by Crippen LogP contribution is -2.54. The molecule has 2 bridgehead atoms. The second-order valence-corrected chi connectivity index (χ2v) is 11.3. The molecule has 2 fully saturated rings. The van der Waals surface area contributed by atoms with Crippen LogP contribution in [0.25, 0.3) is 0 Å². The average Bonchev–Trinajstić information content (AvgIpc) is 3.49. The molecule has 2 saturated heterocycles. The number of hydrogen-bond donors (Lipinski definition) is 3. The zero-order valence-electron chi connectivity index (χ0n) is 24.6. The van der Waals surface area contributed by atoms with Crippen LogP contribution in [-0.2, 0) is 48.5 Å². The number of piperidine rings is 1. The van der Waals surface area contributed by atoms with Crippen LogP contribution < -0.4 is 16.2 Å². The Labute approximate surface area is 248 Å². The van der Waals surface area contributed by atoms with Gasteiger partial charge in [-0.1, -0.05) is 30.3 Å². The van der Waals surface area contributed by atoms with E-state index < -0.39 is 47.6 Å². The Morgan fingerprint density at radius 3 is 2.53 bits per heavy atom. The fourth-order valence-corrected chi connectivity index (χ4v) is 4.63.